The Morgan fingerprint density at radius 3 is 2.57 bits per heavy atom. The Hall–Kier alpha value is -2.63. The summed E-state index contributed by atoms with van der Waals surface area (Å²) >= 11 is 0. The second-order valence-corrected chi connectivity index (χ2v) is 4.83. The van der Waals surface area contributed by atoms with Crippen LogP contribution in [-0.4, -0.2) is 15.4 Å². The molecule has 2 heterocycles. The molecule has 0 aliphatic rings. The predicted octanol–water partition coefficient (Wildman–Crippen LogP) is 3.26. The molecule has 6 nitrogen and oxygen atoms in total. The van der Waals surface area contributed by atoms with Crippen LogP contribution in [0.25, 0.3) is 11.5 Å². The molecule has 108 valence electrons. The predicted molar refractivity (Wildman–Crippen MR) is 77.8 cm³/mol. The molecule has 0 saturated heterocycles. The lowest BCUT2D eigenvalue weighted by Crippen LogP contribution is -2.02. The summed E-state index contributed by atoms with van der Waals surface area (Å²) in [6, 6.07) is 7.83. The number of nitrogens with one attached hydrogen (secondary N) is 1. The molecule has 1 aromatic carbocycles. The number of benzene rings is 1. The topological polar surface area (TPSA) is 77.0 Å². The fourth-order valence-electron chi connectivity index (χ4n) is 2.17. The summed E-state index contributed by atoms with van der Waals surface area (Å²) in [6.07, 6.45) is 0. The van der Waals surface area contributed by atoms with Gasteiger partial charge in [0.1, 0.15) is 5.76 Å². The molecule has 0 aliphatic carbocycles. The molecule has 0 spiro atoms. The van der Waals surface area contributed by atoms with Gasteiger partial charge in [0.25, 0.3) is 0 Å². The summed E-state index contributed by atoms with van der Waals surface area (Å²) in [4.78, 5) is 0. The normalized spacial score (nSPS) is 10.8. The van der Waals surface area contributed by atoms with E-state index >= 15 is 0 Å². The quantitative estimate of drug-likeness (QED) is 0.792. The van der Waals surface area contributed by atoms with Crippen molar-refractivity contribution in [1.82, 2.24) is 15.4 Å². The van der Waals surface area contributed by atoms with Crippen molar-refractivity contribution in [3.63, 3.8) is 0 Å². The number of nitrogens with zero attached hydrogens (tertiary/aromatic N) is 3. The first-order valence-electron chi connectivity index (χ1n) is 6.70. The molecule has 0 aliphatic heterocycles. The zero-order chi connectivity index (χ0) is 14.8. The van der Waals surface area contributed by atoms with Crippen molar-refractivity contribution >= 4 is 5.69 Å². The monoisotopic (exact) mass is 284 g/mol. The summed E-state index contributed by atoms with van der Waals surface area (Å²) in [5.74, 6) is 1.88. The molecule has 0 fully saturated rings. The maximum atomic E-state index is 5.50. The van der Waals surface area contributed by atoms with Gasteiger partial charge in [-0.05, 0) is 26.0 Å². The number of aromatic nitrogens is 3. The smallest absolute Gasteiger partial charge is 0.249 e. The van der Waals surface area contributed by atoms with Gasteiger partial charge >= 0.3 is 0 Å². The molecule has 0 amide bonds. The van der Waals surface area contributed by atoms with E-state index in [0.29, 0.717) is 18.3 Å². The second-order valence-electron chi connectivity index (χ2n) is 4.83. The SMILES string of the molecule is Cc1nnc(-c2ccccc2NCc2c(C)noc2C)o1. The first kappa shape index (κ1) is 13.4. The van der Waals surface area contributed by atoms with E-state index in [1.165, 1.54) is 0 Å². The van der Waals surface area contributed by atoms with Gasteiger partial charge in [0.05, 0.1) is 11.3 Å². The number of para-hydroxylation sites is 1. The third-order valence-corrected chi connectivity index (χ3v) is 3.32. The van der Waals surface area contributed by atoms with E-state index in [1.54, 1.807) is 6.92 Å². The molecule has 0 radical (unpaired) electrons. The van der Waals surface area contributed by atoms with Crippen LogP contribution in [0.15, 0.2) is 33.2 Å². The van der Waals surface area contributed by atoms with Crippen LogP contribution in [0.3, 0.4) is 0 Å². The lowest BCUT2D eigenvalue weighted by atomic mass is 10.1. The van der Waals surface area contributed by atoms with Crippen molar-refractivity contribution in [3.05, 3.63) is 47.2 Å². The van der Waals surface area contributed by atoms with Crippen LogP contribution in [0.5, 0.6) is 0 Å². The number of anilines is 1. The van der Waals surface area contributed by atoms with Gasteiger partial charge in [0.15, 0.2) is 0 Å². The van der Waals surface area contributed by atoms with E-state index < -0.39 is 0 Å². The van der Waals surface area contributed by atoms with Crippen LogP contribution in [-0.2, 0) is 6.54 Å². The summed E-state index contributed by atoms with van der Waals surface area (Å²) in [5.41, 5.74) is 3.77. The van der Waals surface area contributed by atoms with Gasteiger partial charge in [-0.15, -0.1) is 10.2 Å². The average molecular weight is 284 g/mol. The molecule has 0 unspecified atom stereocenters. The molecule has 3 aromatic rings. The molecule has 0 atom stereocenters. The minimum absolute atomic E-state index is 0.509. The van der Waals surface area contributed by atoms with Crippen molar-refractivity contribution in [2.45, 2.75) is 27.3 Å². The van der Waals surface area contributed by atoms with E-state index in [1.807, 2.05) is 38.1 Å². The third-order valence-electron chi connectivity index (χ3n) is 3.32. The highest BCUT2D eigenvalue weighted by atomic mass is 16.5. The second kappa shape index (κ2) is 5.40. The molecule has 0 saturated carbocycles. The molecule has 21 heavy (non-hydrogen) atoms. The van der Waals surface area contributed by atoms with Crippen molar-refractivity contribution in [2.24, 2.45) is 0 Å². The third kappa shape index (κ3) is 2.65. The van der Waals surface area contributed by atoms with E-state index in [4.69, 9.17) is 8.94 Å². The summed E-state index contributed by atoms with van der Waals surface area (Å²) < 4.78 is 10.7. The fourth-order valence-corrected chi connectivity index (χ4v) is 2.17. The molecular weight excluding hydrogens is 268 g/mol. The van der Waals surface area contributed by atoms with E-state index in [0.717, 1.165) is 28.3 Å². The number of hydrogen-bond acceptors (Lipinski definition) is 6. The van der Waals surface area contributed by atoms with E-state index in [-0.39, 0.29) is 0 Å². The van der Waals surface area contributed by atoms with Gasteiger partial charge in [-0.3, -0.25) is 0 Å². The Kier molecular flexibility index (Phi) is 3.43. The highest BCUT2D eigenvalue weighted by Crippen LogP contribution is 2.27. The Balaban J connectivity index is 1.86. The van der Waals surface area contributed by atoms with Crippen LogP contribution >= 0.6 is 0 Å². The molecule has 3 rings (SSSR count). The van der Waals surface area contributed by atoms with Crippen molar-refractivity contribution < 1.29 is 8.94 Å². The maximum absolute atomic E-state index is 5.50. The van der Waals surface area contributed by atoms with Crippen LogP contribution in [0.4, 0.5) is 5.69 Å². The molecule has 0 bridgehead atoms. The van der Waals surface area contributed by atoms with Gasteiger partial charge in [-0.1, -0.05) is 17.3 Å². The number of rotatable bonds is 4. The van der Waals surface area contributed by atoms with E-state index in [2.05, 4.69) is 20.7 Å². The Bertz CT molecular complexity index is 741. The molecular formula is C15H16N4O2. The van der Waals surface area contributed by atoms with Gasteiger partial charge in [-0.2, -0.15) is 0 Å². The van der Waals surface area contributed by atoms with Gasteiger partial charge in [-0.25, -0.2) is 0 Å². The first-order chi connectivity index (χ1) is 10.1. The Labute approximate surface area is 122 Å². The lowest BCUT2D eigenvalue weighted by molar-refractivity contribution is 0.392. The number of aryl methyl sites for hydroxylation is 3. The maximum Gasteiger partial charge on any atom is 0.249 e. The zero-order valence-corrected chi connectivity index (χ0v) is 12.2. The highest BCUT2D eigenvalue weighted by molar-refractivity contribution is 5.72. The fraction of sp³-hybridized carbons (Fsp3) is 0.267. The van der Waals surface area contributed by atoms with Crippen LogP contribution < -0.4 is 5.32 Å². The largest absolute Gasteiger partial charge is 0.421 e. The van der Waals surface area contributed by atoms with Gasteiger partial charge < -0.3 is 14.3 Å². The van der Waals surface area contributed by atoms with Crippen LogP contribution in [0.1, 0.15) is 22.9 Å². The molecule has 1 N–H and O–H groups in total. The van der Waals surface area contributed by atoms with Crippen molar-refractivity contribution in [1.29, 1.82) is 0 Å². The first-order valence-corrected chi connectivity index (χ1v) is 6.70. The Morgan fingerprint density at radius 1 is 1.10 bits per heavy atom. The Morgan fingerprint density at radius 2 is 1.90 bits per heavy atom. The highest BCUT2D eigenvalue weighted by Gasteiger charge is 2.13. The summed E-state index contributed by atoms with van der Waals surface area (Å²) in [6.45, 7) is 6.24. The minimum Gasteiger partial charge on any atom is -0.421 e. The van der Waals surface area contributed by atoms with Crippen molar-refractivity contribution in [2.75, 3.05) is 5.32 Å². The van der Waals surface area contributed by atoms with E-state index in [9.17, 15) is 0 Å². The minimum atomic E-state index is 0.509. The molecule has 6 heteroatoms. The summed E-state index contributed by atoms with van der Waals surface area (Å²) in [5, 5.41) is 15.3. The number of hydrogen-bond donors (Lipinski definition) is 1. The van der Waals surface area contributed by atoms with Crippen molar-refractivity contribution in [3.8, 4) is 11.5 Å². The molecule has 2 aromatic heterocycles. The van der Waals surface area contributed by atoms with Gasteiger partial charge in [0.2, 0.25) is 11.8 Å². The zero-order valence-electron chi connectivity index (χ0n) is 12.2. The standard InChI is InChI=1S/C15H16N4O2/c1-9-13(10(2)21-19-9)8-16-14-7-5-4-6-12(14)15-18-17-11(3)20-15/h4-7,16H,8H2,1-3H3. The van der Waals surface area contributed by atoms with Crippen LogP contribution in [0, 0.1) is 20.8 Å². The van der Waals surface area contributed by atoms with Gasteiger partial charge in [0, 0.05) is 24.7 Å². The summed E-state index contributed by atoms with van der Waals surface area (Å²) in [7, 11) is 0. The average Bonchev–Trinajstić information content (AvgIpc) is 3.04. The lowest BCUT2D eigenvalue weighted by Gasteiger charge is -2.09. The van der Waals surface area contributed by atoms with Crippen LogP contribution in [0.2, 0.25) is 0 Å².